The predicted octanol–water partition coefficient (Wildman–Crippen LogP) is 14.1. The van der Waals surface area contributed by atoms with Gasteiger partial charge in [-0.1, -0.05) is 158 Å². The minimum Gasteiger partial charge on any atom is -0.454 e. The van der Waals surface area contributed by atoms with Crippen molar-refractivity contribution in [2.24, 2.45) is 0 Å². The Morgan fingerprint density at radius 3 is 1.66 bits per heavy atom. The van der Waals surface area contributed by atoms with Crippen LogP contribution in [0, 0.1) is 0 Å². The van der Waals surface area contributed by atoms with E-state index >= 15 is 0 Å². The van der Waals surface area contributed by atoms with Crippen molar-refractivity contribution in [3.8, 4) is 45.5 Å². The Labute approximate surface area is 349 Å². The summed E-state index contributed by atoms with van der Waals surface area (Å²) >= 11 is 0. The molecule has 284 valence electrons. The van der Waals surface area contributed by atoms with E-state index in [2.05, 4.69) is 137 Å². The summed E-state index contributed by atoms with van der Waals surface area (Å²) in [4.78, 5) is 15.5. The highest BCUT2D eigenvalue weighted by Crippen LogP contribution is 2.46. The molecule has 0 saturated heterocycles. The standard InChI is InChI=1S/C55H33N5O/c1-3-16-36(17-4-1)53-56-54(37-18-5-2-6-19-37)58-55(57-53)60-46-25-13-10-23-42(46)50-43(33-44-40-21-11-14-26-48(40)61-52(44)51(50)60)35-27-30-38(31-28-35)59-45-24-12-9-22-41(45)49-39-20-8-7-15-34(39)29-32-47(49)59/h1-33H. The van der Waals surface area contributed by atoms with E-state index in [1.807, 2.05) is 72.8 Å². The Morgan fingerprint density at radius 2 is 0.951 bits per heavy atom. The minimum absolute atomic E-state index is 0.520. The molecule has 0 spiro atoms. The van der Waals surface area contributed by atoms with Gasteiger partial charge in [0.15, 0.2) is 17.2 Å². The van der Waals surface area contributed by atoms with Crippen LogP contribution in [0.15, 0.2) is 205 Å². The van der Waals surface area contributed by atoms with E-state index < -0.39 is 0 Å². The van der Waals surface area contributed by atoms with E-state index in [4.69, 9.17) is 19.4 Å². The molecular weight excluding hydrogens is 747 g/mol. The first-order chi connectivity index (χ1) is 30.3. The minimum atomic E-state index is 0.520. The average Bonchev–Trinajstić information content (AvgIpc) is 4.00. The molecule has 0 saturated carbocycles. The van der Waals surface area contributed by atoms with Gasteiger partial charge in [0.25, 0.3) is 0 Å². The number of furan rings is 1. The van der Waals surface area contributed by atoms with Gasteiger partial charge in [0.1, 0.15) is 11.1 Å². The summed E-state index contributed by atoms with van der Waals surface area (Å²) in [5.74, 6) is 1.72. The third-order valence-electron chi connectivity index (χ3n) is 12.2. The molecule has 0 amide bonds. The molecule has 4 heterocycles. The number of fused-ring (bicyclic) bond motifs is 12. The maximum atomic E-state index is 6.86. The summed E-state index contributed by atoms with van der Waals surface area (Å²) in [7, 11) is 0. The van der Waals surface area contributed by atoms with Crippen LogP contribution < -0.4 is 0 Å². The molecule has 0 aliphatic carbocycles. The Balaban J connectivity index is 1.09. The van der Waals surface area contributed by atoms with Crippen molar-refractivity contribution in [3.63, 3.8) is 0 Å². The van der Waals surface area contributed by atoms with Crippen LogP contribution in [0.25, 0.3) is 122 Å². The van der Waals surface area contributed by atoms with Crippen molar-refractivity contribution >= 4 is 76.3 Å². The van der Waals surface area contributed by atoms with Crippen LogP contribution in [0.4, 0.5) is 0 Å². The predicted molar refractivity (Wildman–Crippen MR) is 250 cm³/mol. The van der Waals surface area contributed by atoms with Crippen LogP contribution in [0.3, 0.4) is 0 Å². The highest BCUT2D eigenvalue weighted by atomic mass is 16.3. The molecular formula is C55H33N5O. The Hall–Kier alpha value is -8.35. The number of rotatable bonds is 5. The lowest BCUT2D eigenvalue weighted by molar-refractivity contribution is 0.670. The monoisotopic (exact) mass is 779 g/mol. The fourth-order valence-corrected chi connectivity index (χ4v) is 9.47. The number of benzene rings is 9. The molecule has 0 aliphatic heterocycles. The zero-order valence-corrected chi connectivity index (χ0v) is 32.7. The molecule has 6 nitrogen and oxygen atoms in total. The molecule has 4 aromatic heterocycles. The average molecular weight is 780 g/mol. The summed E-state index contributed by atoms with van der Waals surface area (Å²) in [5, 5.41) is 9.25. The van der Waals surface area contributed by atoms with Crippen LogP contribution in [0.5, 0.6) is 0 Å². The number of hydrogen-bond acceptors (Lipinski definition) is 4. The lowest BCUT2D eigenvalue weighted by Gasteiger charge is -2.12. The van der Waals surface area contributed by atoms with Crippen LogP contribution in [0.1, 0.15) is 0 Å². The number of aromatic nitrogens is 5. The van der Waals surface area contributed by atoms with Gasteiger partial charge >= 0.3 is 0 Å². The Morgan fingerprint density at radius 1 is 0.377 bits per heavy atom. The first-order valence-electron chi connectivity index (χ1n) is 20.5. The SMILES string of the molecule is c1ccc(-c2nc(-c3ccccc3)nc(-n3c4ccccc4c4c(-c5ccc(-n6c7ccccc7c7c8ccccc8ccc76)cc5)cc5c6ccccc6oc5c43)n2)cc1. The van der Waals surface area contributed by atoms with Gasteiger partial charge in [0.2, 0.25) is 5.95 Å². The molecule has 0 atom stereocenters. The molecule has 9 aromatic carbocycles. The van der Waals surface area contributed by atoms with E-state index in [-0.39, 0.29) is 0 Å². The molecule has 61 heavy (non-hydrogen) atoms. The van der Waals surface area contributed by atoms with Gasteiger partial charge in [-0.25, -0.2) is 4.98 Å². The molecule has 0 fully saturated rings. The second kappa shape index (κ2) is 13.1. The van der Waals surface area contributed by atoms with E-state index in [1.54, 1.807) is 0 Å². The zero-order chi connectivity index (χ0) is 40.0. The maximum absolute atomic E-state index is 6.86. The molecule has 0 unspecified atom stereocenters. The van der Waals surface area contributed by atoms with Crippen molar-refractivity contribution in [2.45, 2.75) is 0 Å². The van der Waals surface area contributed by atoms with Crippen molar-refractivity contribution in [3.05, 3.63) is 200 Å². The van der Waals surface area contributed by atoms with E-state index in [1.165, 1.54) is 32.6 Å². The van der Waals surface area contributed by atoms with Crippen molar-refractivity contribution < 1.29 is 4.42 Å². The number of hydrogen-bond donors (Lipinski definition) is 0. The summed E-state index contributed by atoms with van der Waals surface area (Å²) in [6, 6.07) is 70.3. The summed E-state index contributed by atoms with van der Waals surface area (Å²) in [5.41, 5.74) is 11.0. The van der Waals surface area contributed by atoms with Gasteiger partial charge in [-0.05, 0) is 64.4 Å². The fraction of sp³-hybridized carbons (Fsp3) is 0. The fourth-order valence-electron chi connectivity index (χ4n) is 9.47. The van der Waals surface area contributed by atoms with Crippen molar-refractivity contribution in [1.29, 1.82) is 0 Å². The molecule has 0 radical (unpaired) electrons. The zero-order valence-electron chi connectivity index (χ0n) is 32.7. The van der Waals surface area contributed by atoms with Crippen LogP contribution in [-0.4, -0.2) is 24.1 Å². The van der Waals surface area contributed by atoms with E-state index in [0.29, 0.717) is 17.6 Å². The van der Waals surface area contributed by atoms with E-state index in [9.17, 15) is 0 Å². The maximum Gasteiger partial charge on any atom is 0.238 e. The van der Waals surface area contributed by atoms with Crippen LogP contribution >= 0.6 is 0 Å². The molecule has 13 aromatic rings. The van der Waals surface area contributed by atoms with Crippen LogP contribution in [-0.2, 0) is 0 Å². The third-order valence-corrected chi connectivity index (χ3v) is 12.2. The first-order valence-corrected chi connectivity index (χ1v) is 20.5. The molecule has 0 bridgehead atoms. The highest BCUT2D eigenvalue weighted by molar-refractivity contribution is 6.26. The summed E-state index contributed by atoms with van der Waals surface area (Å²) in [6.45, 7) is 0. The second-order valence-electron chi connectivity index (χ2n) is 15.6. The van der Waals surface area contributed by atoms with Gasteiger partial charge < -0.3 is 8.98 Å². The molecule has 0 N–H and O–H groups in total. The number of para-hydroxylation sites is 3. The smallest absolute Gasteiger partial charge is 0.238 e. The van der Waals surface area contributed by atoms with Crippen molar-refractivity contribution in [1.82, 2.24) is 24.1 Å². The van der Waals surface area contributed by atoms with Crippen LogP contribution in [0.2, 0.25) is 0 Å². The number of nitrogens with zero attached hydrogens (tertiary/aromatic N) is 5. The normalized spacial score (nSPS) is 11.9. The van der Waals surface area contributed by atoms with Gasteiger partial charge in [-0.2, -0.15) is 9.97 Å². The molecule has 13 rings (SSSR count). The molecule has 0 aliphatic rings. The highest BCUT2D eigenvalue weighted by Gasteiger charge is 2.25. The second-order valence-corrected chi connectivity index (χ2v) is 15.6. The lowest BCUT2D eigenvalue weighted by Crippen LogP contribution is -2.06. The quantitative estimate of drug-likeness (QED) is 0.175. The lowest BCUT2D eigenvalue weighted by atomic mass is 9.96. The topological polar surface area (TPSA) is 61.7 Å². The van der Waals surface area contributed by atoms with Gasteiger partial charge in [0.05, 0.1) is 16.6 Å². The Kier molecular flexibility index (Phi) is 7.21. The van der Waals surface area contributed by atoms with Crippen molar-refractivity contribution in [2.75, 3.05) is 0 Å². The largest absolute Gasteiger partial charge is 0.454 e. The molecule has 6 heteroatoms. The third kappa shape index (κ3) is 5.06. The summed E-state index contributed by atoms with van der Waals surface area (Å²) in [6.07, 6.45) is 0. The van der Waals surface area contributed by atoms with Gasteiger partial charge in [-0.15, -0.1) is 0 Å². The van der Waals surface area contributed by atoms with E-state index in [0.717, 1.165) is 71.7 Å². The first kappa shape index (κ1) is 33.6. The Bertz CT molecular complexity index is 3800. The summed E-state index contributed by atoms with van der Waals surface area (Å²) < 4.78 is 11.4. The van der Waals surface area contributed by atoms with Gasteiger partial charge in [-0.3, -0.25) is 4.57 Å². The van der Waals surface area contributed by atoms with Gasteiger partial charge in [0, 0.05) is 49.1 Å².